The Morgan fingerprint density at radius 1 is 1.40 bits per heavy atom. The Bertz CT molecular complexity index is 387. The highest BCUT2D eigenvalue weighted by Gasteiger charge is 2.43. The molecule has 1 atom stereocenters. The van der Waals surface area contributed by atoms with Gasteiger partial charge >= 0.3 is 18.2 Å². The van der Waals surface area contributed by atoms with Gasteiger partial charge < -0.3 is 14.9 Å². The second-order valence-corrected chi connectivity index (χ2v) is 5.22. The van der Waals surface area contributed by atoms with E-state index in [0.717, 1.165) is 7.05 Å². The molecule has 0 spiro atoms. The first-order valence-electron chi connectivity index (χ1n) is 6.41. The van der Waals surface area contributed by atoms with Crippen LogP contribution in [0.2, 0.25) is 0 Å². The van der Waals surface area contributed by atoms with E-state index >= 15 is 0 Å². The van der Waals surface area contributed by atoms with Crippen LogP contribution in [0.4, 0.5) is 18.0 Å². The number of carboxylic acids is 1. The molecule has 1 unspecified atom stereocenters. The molecule has 0 aromatic heterocycles. The third-order valence-electron chi connectivity index (χ3n) is 3.72. The number of nitrogens with zero attached hydrogens (tertiary/aromatic N) is 2. The first-order valence-corrected chi connectivity index (χ1v) is 6.41. The highest BCUT2D eigenvalue weighted by molar-refractivity contribution is 5.78. The maximum Gasteiger partial charge on any atom is 0.406 e. The zero-order chi connectivity index (χ0) is 15.6. The Balaban J connectivity index is 2.76. The molecule has 5 nitrogen and oxygen atoms in total. The molecule has 0 aliphatic carbocycles. The molecule has 0 aromatic carbocycles. The van der Waals surface area contributed by atoms with Gasteiger partial charge in [-0.05, 0) is 19.3 Å². The fourth-order valence-electron chi connectivity index (χ4n) is 2.49. The van der Waals surface area contributed by atoms with Gasteiger partial charge in [-0.15, -0.1) is 0 Å². The van der Waals surface area contributed by atoms with E-state index < -0.39 is 30.1 Å². The second-order valence-electron chi connectivity index (χ2n) is 5.22. The number of piperidine rings is 1. The van der Waals surface area contributed by atoms with E-state index in [2.05, 4.69) is 0 Å². The molecule has 20 heavy (non-hydrogen) atoms. The molecular formula is C12H19F3N2O3. The van der Waals surface area contributed by atoms with E-state index in [1.807, 2.05) is 0 Å². The van der Waals surface area contributed by atoms with Gasteiger partial charge in [0.25, 0.3) is 0 Å². The number of aliphatic carboxylic acids is 1. The van der Waals surface area contributed by atoms with E-state index in [1.165, 1.54) is 4.90 Å². The predicted octanol–water partition coefficient (Wildman–Crippen LogP) is 2.18. The van der Waals surface area contributed by atoms with Crippen molar-refractivity contribution in [2.24, 2.45) is 5.41 Å². The minimum atomic E-state index is -4.46. The summed E-state index contributed by atoms with van der Waals surface area (Å²) in [5.41, 5.74) is -1.05. The highest BCUT2D eigenvalue weighted by Crippen LogP contribution is 2.34. The highest BCUT2D eigenvalue weighted by atomic mass is 19.4. The topological polar surface area (TPSA) is 60.9 Å². The number of hydrogen-bond donors (Lipinski definition) is 1. The second kappa shape index (κ2) is 5.88. The summed E-state index contributed by atoms with van der Waals surface area (Å²) in [7, 11) is 1.07. The molecule has 0 saturated carbocycles. The van der Waals surface area contributed by atoms with Crippen molar-refractivity contribution in [3.05, 3.63) is 0 Å². The lowest BCUT2D eigenvalue weighted by atomic mass is 9.78. The van der Waals surface area contributed by atoms with Gasteiger partial charge in [-0.3, -0.25) is 4.79 Å². The van der Waals surface area contributed by atoms with Crippen LogP contribution in [0.3, 0.4) is 0 Å². The molecule has 1 aliphatic heterocycles. The Morgan fingerprint density at radius 2 is 2.00 bits per heavy atom. The number of carboxylic acid groups (broad SMARTS) is 1. The monoisotopic (exact) mass is 296 g/mol. The Kier molecular flexibility index (Phi) is 4.88. The van der Waals surface area contributed by atoms with Crippen LogP contribution in [0, 0.1) is 5.41 Å². The zero-order valence-electron chi connectivity index (χ0n) is 11.5. The quantitative estimate of drug-likeness (QED) is 0.868. The lowest BCUT2D eigenvalue weighted by molar-refractivity contribution is -0.153. The van der Waals surface area contributed by atoms with Crippen LogP contribution in [-0.4, -0.2) is 59.8 Å². The van der Waals surface area contributed by atoms with Crippen LogP contribution < -0.4 is 0 Å². The van der Waals surface area contributed by atoms with Crippen LogP contribution >= 0.6 is 0 Å². The minimum absolute atomic E-state index is 0.0418. The summed E-state index contributed by atoms with van der Waals surface area (Å²) in [6, 6.07) is -0.777. The van der Waals surface area contributed by atoms with Gasteiger partial charge in [0.05, 0.1) is 5.41 Å². The third-order valence-corrected chi connectivity index (χ3v) is 3.72. The van der Waals surface area contributed by atoms with Crippen molar-refractivity contribution in [3.8, 4) is 0 Å². The molecule has 0 radical (unpaired) electrons. The lowest BCUT2D eigenvalue weighted by Gasteiger charge is -2.40. The van der Waals surface area contributed by atoms with Crippen molar-refractivity contribution in [2.45, 2.75) is 32.4 Å². The number of carbonyl (C=O) groups is 2. The van der Waals surface area contributed by atoms with Crippen LogP contribution in [0.1, 0.15) is 26.2 Å². The molecular weight excluding hydrogens is 277 g/mol. The van der Waals surface area contributed by atoms with Gasteiger partial charge in [-0.2, -0.15) is 13.2 Å². The van der Waals surface area contributed by atoms with E-state index in [-0.39, 0.29) is 13.1 Å². The van der Waals surface area contributed by atoms with Crippen LogP contribution in [0.5, 0.6) is 0 Å². The van der Waals surface area contributed by atoms with Crippen molar-refractivity contribution in [1.29, 1.82) is 0 Å². The third kappa shape index (κ3) is 3.77. The van der Waals surface area contributed by atoms with Crippen LogP contribution in [0.15, 0.2) is 0 Å². The summed E-state index contributed by atoms with van der Waals surface area (Å²) in [5.74, 6) is -1.00. The molecule has 0 bridgehead atoms. The first kappa shape index (κ1) is 16.6. The zero-order valence-corrected chi connectivity index (χ0v) is 11.5. The fraction of sp³-hybridized carbons (Fsp3) is 0.833. The normalized spacial score (nSPS) is 23.6. The van der Waals surface area contributed by atoms with Crippen molar-refractivity contribution < 1.29 is 27.9 Å². The van der Waals surface area contributed by atoms with Crippen molar-refractivity contribution >= 4 is 12.0 Å². The number of carbonyl (C=O) groups excluding carboxylic acids is 1. The summed E-state index contributed by atoms with van der Waals surface area (Å²) >= 11 is 0. The molecule has 1 aliphatic rings. The Morgan fingerprint density at radius 3 is 2.45 bits per heavy atom. The molecule has 1 N–H and O–H groups in total. The van der Waals surface area contributed by atoms with E-state index in [1.54, 1.807) is 6.92 Å². The van der Waals surface area contributed by atoms with Crippen LogP contribution in [0.25, 0.3) is 0 Å². The number of likely N-dealkylation sites (tertiary alicyclic amines) is 1. The summed E-state index contributed by atoms with van der Waals surface area (Å²) in [6.45, 7) is 0.617. The van der Waals surface area contributed by atoms with Gasteiger partial charge in [0.1, 0.15) is 6.54 Å². The van der Waals surface area contributed by atoms with Gasteiger partial charge in [0.15, 0.2) is 0 Å². The van der Waals surface area contributed by atoms with Crippen molar-refractivity contribution in [1.82, 2.24) is 9.80 Å². The number of urea groups is 1. The molecule has 1 rings (SSSR count). The summed E-state index contributed by atoms with van der Waals surface area (Å²) in [5, 5.41) is 9.28. The number of alkyl halides is 3. The van der Waals surface area contributed by atoms with Gasteiger partial charge in [-0.25, -0.2) is 4.79 Å². The number of hydrogen-bond acceptors (Lipinski definition) is 2. The van der Waals surface area contributed by atoms with Crippen molar-refractivity contribution in [2.75, 3.05) is 26.7 Å². The number of amides is 2. The molecule has 8 heteroatoms. The molecule has 1 fully saturated rings. The molecule has 1 saturated heterocycles. The first-order chi connectivity index (χ1) is 9.11. The molecule has 1 heterocycles. The maximum absolute atomic E-state index is 12.3. The average molecular weight is 296 g/mol. The summed E-state index contributed by atoms with van der Waals surface area (Å²) in [6.07, 6.45) is -3.21. The number of rotatable bonds is 3. The van der Waals surface area contributed by atoms with Crippen LogP contribution in [-0.2, 0) is 4.79 Å². The molecule has 2 amide bonds. The summed E-state index contributed by atoms with van der Waals surface area (Å²) < 4.78 is 36.8. The largest absolute Gasteiger partial charge is 0.481 e. The Labute approximate surface area is 115 Å². The van der Waals surface area contributed by atoms with Crippen molar-refractivity contribution in [3.63, 3.8) is 0 Å². The van der Waals surface area contributed by atoms with Gasteiger partial charge in [-0.1, -0.05) is 6.92 Å². The minimum Gasteiger partial charge on any atom is -0.481 e. The fourth-order valence-corrected chi connectivity index (χ4v) is 2.49. The lowest BCUT2D eigenvalue weighted by Crippen LogP contribution is -2.53. The average Bonchev–Trinajstić information content (AvgIpc) is 2.35. The maximum atomic E-state index is 12.3. The number of halogens is 3. The smallest absolute Gasteiger partial charge is 0.406 e. The van der Waals surface area contributed by atoms with E-state index in [9.17, 15) is 27.9 Å². The SMILES string of the molecule is CCC1(C(=O)O)CCCN(C(=O)N(C)CC(F)(F)F)C1. The predicted molar refractivity (Wildman–Crippen MR) is 65.2 cm³/mol. The Hall–Kier alpha value is -1.47. The van der Waals surface area contributed by atoms with E-state index in [0.29, 0.717) is 24.2 Å². The summed E-state index contributed by atoms with van der Waals surface area (Å²) in [4.78, 5) is 25.1. The molecule has 116 valence electrons. The van der Waals surface area contributed by atoms with E-state index in [4.69, 9.17) is 0 Å². The van der Waals surface area contributed by atoms with Gasteiger partial charge in [0, 0.05) is 20.1 Å². The standard InChI is InChI=1S/C12H19F3N2O3/c1-3-11(9(18)19)5-4-6-17(7-11)10(20)16(2)8-12(13,14)15/h3-8H2,1-2H3,(H,18,19). The van der Waals surface area contributed by atoms with Gasteiger partial charge in [0.2, 0.25) is 0 Å². The molecule has 0 aromatic rings.